The molecule has 0 saturated carbocycles. The van der Waals surface area contributed by atoms with Crippen LogP contribution in [0.1, 0.15) is 39.5 Å². The van der Waals surface area contributed by atoms with E-state index in [1.54, 1.807) is 36.4 Å². The Kier molecular flexibility index (Phi) is 9.13. The van der Waals surface area contributed by atoms with Crippen LogP contribution in [0.5, 0.6) is 5.75 Å². The Bertz CT molecular complexity index is 1760. The highest BCUT2D eigenvalue weighted by molar-refractivity contribution is 6.02. The number of non-ortho nitro benzene ring substituents is 1. The van der Waals surface area contributed by atoms with Crippen LogP contribution in [-0.2, 0) is 11.4 Å². The molecule has 0 radical (unpaired) electrons. The molecule has 2 N–H and O–H groups in total. The van der Waals surface area contributed by atoms with Crippen molar-refractivity contribution in [2.45, 2.75) is 19.1 Å². The van der Waals surface area contributed by atoms with Gasteiger partial charge >= 0.3 is 0 Å². The zero-order chi connectivity index (χ0) is 30.0. The summed E-state index contributed by atoms with van der Waals surface area (Å²) in [5.74, 6) is -0.129. The number of amides is 2. The minimum absolute atomic E-state index is 0.00662. The molecular weight excluding hydrogens is 544 g/mol. The van der Waals surface area contributed by atoms with Gasteiger partial charge in [0.2, 0.25) is 5.91 Å². The Morgan fingerprint density at radius 2 is 1.51 bits per heavy atom. The Hall–Kier alpha value is -5.83. The van der Waals surface area contributed by atoms with E-state index in [0.717, 1.165) is 21.9 Å². The van der Waals surface area contributed by atoms with Crippen LogP contribution in [0.2, 0.25) is 0 Å². The lowest BCUT2D eigenvalue weighted by molar-refractivity contribution is -0.384. The molecule has 0 heterocycles. The third-order valence-electron chi connectivity index (χ3n) is 6.79. The van der Waals surface area contributed by atoms with E-state index >= 15 is 0 Å². The molecule has 0 spiro atoms. The fourth-order valence-corrected chi connectivity index (χ4v) is 4.58. The number of hydrogen-bond donors (Lipinski definition) is 2. The third kappa shape index (κ3) is 7.47. The van der Waals surface area contributed by atoms with Crippen molar-refractivity contribution in [2.24, 2.45) is 5.10 Å². The number of carbonyl (C=O) groups excluding carboxylic acids is 2. The van der Waals surface area contributed by atoms with Gasteiger partial charge in [0, 0.05) is 23.3 Å². The molecule has 0 aromatic heterocycles. The van der Waals surface area contributed by atoms with Crippen LogP contribution in [0.25, 0.3) is 10.8 Å². The van der Waals surface area contributed by atoms with E-state index in [9.17, 15) is 19.7 Å². The Morgan fingerprint density at radius 3 is 2.23 bits per heavy atom. The number of benzene rings is 5. The van der Waals surface area contributed by atoms with Crippen LogP contribution in [0.3, 0.4) is 0 Å². The number of fused-ring (bicyclic) bond motifs is 1. The van der Waals surface area contributed by atoms with E-state index in [0.29, 0.717) is 16.9 Å². The molecule has 0 saturated heterocycles. The van der Waals surface area contributed by atoms with Gasteiger partial charge in [-0.15, -0.1) is 0 Å². The summed E-state index contributed by atoms with van der Waals surface area (Å²) < 4.78 is 6.08. The van der Waals surface area contributed by atoms with Crippen LogP contribution in [0.4, 0.5) is 5.69 Å². The summed E-state index contributed by atoms with van der Waals surface area (Å²) in [4.78, 5) is 36.4. The van der Waals surface area contributed by atoms with Crippen molar-refractivity contribution in [1.29, 1.82) is 0 Å². The molecule has 0 aliphatic rings. The summed E-state index contributed by atoms with van der Waals surface area (Å²) in [6.07, 6.45) is 1.50. The summed E-state index contributed by atoms with van der Waals surface area (Å²) in [5.41, 5.74) is 5.31. The number of nitro groups is 1. The van der Waals surface area contributed by atoms with Gasteiger partial charge in [0.1, 0.15) is 12.4 Å². The Morgan fingerprint density at radius 1 is 0.837 bits per heavy atom. The molecule has 0 unspecified atom stereocenters. The molecule has 0 fully saturated rings. The number of ether oxygens (including phenoxy) is 1. The van der Waals surface area contributed by atoms with Gasteiger partial charge in [-0.05, 0) is 52.2 Å². The second-order valence-electron chi connectivity index (χ2n) is 9.71. The van der Waals surface area contributed by atoms with Crippen molar-refractivity contribution in [3.8, 4) is 5.75 Å². The van der Waals surface area contributed by atoms with Crippen molar-refractivity contribution in [3.63, 3.8) is 0 Å². The van der Waals surface area contributed by atoms with Crippen LogP contribution >= 0.6 is 0 Å². The first kappa shape index (κ1) is 28.7. The van der Waals surface area contributed by atoms with Gasteiger partial charge in [0.25, 0.3) is 11.6 Å². The normalized spacial score (nSPS) is 11.6. The van der Waals surface area contributed by atoms with Gasteiger partial charge < -0.3 is 10.1 Å². The molecule has 9 nitrogen and oxygen atoms in total. The summed E-state index contributed by atoms with van der Waals surface area (Å²) in [5, 5.41) is 20.0. The molecule has 2 amide bonds. The van der Waals surface area contributed by atoms with Crippen molar-refractivity contribution >= 4 is 34.5 Å². The molecule has 0 aliphatic heterocycles. The van der Waals surface area contributed by atoms with Crippen molar-refractivity contribution in [2.75, 3.05) is 0 Å². The first-order chi connectivity index (χ1) is 21.0. The average molecular weight is 573 g/mol. The number of hydrogen-bond acceptors (Lipinski definition) is 6. The van der Waals surface area contributed by atoms with Crippen molar-refractivity contribution in [1.82, 2.24) is 10.7 Å². The SMILES string of the molecule is O=C(C[C@H](NC(=O)c1ccccc1)c1ccccc1)N/N=C\c1c(OCc2ccc([N+](=O)[O-])cc2)ccc2ccccc12. The van der Waals surface area contributed by atoms with Gasteiger partial charge in [-0.25, -0.2) is 5.43 Å². The zero-order valence-electron chi connectivity index (χ0n) is 23.1. The number of hydrazone groups is 1. The average Bonchev–Trinajstić information content (AvgIpc) is 3.05. The topological polar surface area (TPSA) is 123 Å². The fraction of sp³-hybridized carbons (Fsp3) is 0.0882. The largest absolute Gasteiger partial charge is 0.488 e. The molecule has 43 heavy (non-hydrogen) atoms. The third-order valence-corrected chi connectivity index (χ3v) is 6.79. The van der Waals surface area contributed by atoms with E-state index in [1.807, 2.05) is 72.8 Å². The number of rotatable bonds is 11. The molecule has 1 atom stereocenters. The minimum Gasteiger partial charge on any atom is -0.488 e. The second-order valence-corrected chi connectivity index (χ2v) is 9.71. The first-order valence-corrected chi connectivity index (χ1v) is 13.6. The van der Waals surface area contributed by atoms with E-state index in [2.05, 4.69) is 15.8 Å². The van der Waals surface area contributed by atoms with E-state index in [-0.39, 0.29) is 30.5 Å². The minimum atomic E-state index is -0.567. The predicted octanol–water partition coefficient (Wildman–Crippen LogP) is 6.34. The van der Waals surface area contributed by atoms with E-state index in [1.165, 1.54) is 18.3 Å². The quantitative estimate of drug-likeness (QED) is 0.109. The lowest BCUT2D eigenvalue weighted by Gasteiger charge is -2.18. The van der Waals surface area contributed by atoms with Crippen molar-refractivity contribution in [3.05, 3.63) is 154 Å². The number of nitrogens with zero attached hydrogens (tertiary/aromatic N) is 2. The smallest absolute Gasteiger partial charge is 0.269 e. The highest BCUT2D eigenvalue weighted by Crippen LogP contribution is 2.28. The lowest BCUT2D eigenvalue weighted by atomic mass is 10.0. The molecule has 5 aromatic carbocycles. The molecule has 214 valence electrons. The maximum Gasteiger partial charge on any atom is 0.269 e. The van der Waals surface area contributed by atoms with Crippen LogP contribution in [-0.4, -0.2) is 23.0 Å². The summed E-state index contributed by atoms with van der Waals surface area (Å²) in [6.45, 7) is 0.184. The summed E-state index contributed by atoms with van der Waals surface area (Å²) in [6, 6.07) is 35.2. The molecule has 0 aliphatic carbocycles. The van der Waals surface area contributed by atoms with Crippen LogP contribution < -0.4 is 15.5 Å². The Labute approximate surface area is 248 Å². The maximum absolute atomic E-state index is 13.0. The lowest BCUT2D eigenvalue weighted by Crippen LogP contribution is -2.32. The van der Waals surface area contributed by atoms with E-state index < -0.39 is 11.0 Å². The van der Waals surface area contributed by atoms with Gasteiger partial charge in [-0.1, -0.05) is 78.9 Å². The van der Waals surface area contributed by atoms with Crippen LogP contribution in [0, 0.1) is 10.1 Å². The molecular formula is C34H28N4O5. The molecule has 9 heteroatoms. The zero-order valence-corrected chi connectivity index (χ0v) is 23.1. The molecule has 5 rings (SSSR count). The predicted molar refractivity (Wildman–Crippen MR) is 165 cm³/mol. The fourth-order valence-electron chi connectivity index (χ4n) is 4.58. The van der Waals surface area contributed by atoms with Gasteiger partial charge in [-0.3, -0.25) is 19.7 Å². The maximum atomic E-state index is 13.0. The van der Waals surface area contributed by atoms with E-state index in [4.69, 9.17) is 4.74 Å². The monoisotopic (exact) mass is 572 g/mol. The Balaban J connectivity index is 1.31. The summed E-state index contributed by atoms with van der Waals surface area (Å²) in [7, 11) is 0. The second kappa shape index (κ2) is 13.7. The highest BCUT2D eigenvalue weighted by atomic mass is 16.6. The van der Waals surface area contributed by atoms with Gasteiger partial charge in [0.15, 0.2) is 0 Å². The molecule has 0 bridgehead atoms. The molecule has 5 aromatic rings. The summed E-state index contributed by atoms with van der Waals surface area (Å²) >= 11 is 0. The van der Waals surface area contributed by atoms with Gasteiger partial charge in [0.05, 0.1) is 23.6 Å². The number of nitro benzene ring substituents is 1. The standard InChI is InChI=1S/C34H28N4O5/c39-33(21-31(26-10-3-1-4-11-26)36-34(40)27-12-5-2-6-13-27)37-35-22-30-29-14-8-7-9-25(29)17-20-32(30)43-23-24-15-18-28(19-16-24)38(41)42/h1-20,22,31H,21,23H2,(H,36,40)(H,37,39)/b35-22-/t31-/m0/s1. The number of carbonyl (C=O) groups is 2. The van der Waals surface area contributed by atoms with Crippen molar-refractivity contribution < 1.29 is 19.2 Å². The highest BCUT2D eigenvalue weighted by Gasteiger charge is 2.19. The van der Waals surface area contributed by atoms with Crippen LogP contribution in [0.15, 0.2) is 126 Å². The van der Waals surface area contributed by atoms with Gasteiger partial charge in [-0.2, -0.15) is 5.10 Å². The first-order valence-electron chi connectivity index (χ1n) is 13.6. The number of nitrogens with one attached hydrogen (secondary N) is 2.